The van der Waals surface area contributed by atoms with Crippen LogP contribution in [0.5, 0.6) is 5.75 Å². The zero-order valence-electron chi connectivity index (χ0n) is 13.3. The molecular formula is C17H29ClN2O. The van der Waals surface area contributed by atoms with Crippen molar-refractivity contribution >= 4 is 11.6 Å². The number of hydrogen-bond acceptors (Lipinski definition) is 3. The van der Waals surface area contributed by atoms with Crippen LogP contribution in [0.3, 0.4) is 0 Å². The van der Waals surface area contributed by atoms with Crippen LogP contribution in [0, 0.1) is 0 Å². The van der Waals surface area contributed by atoms with E-state index in [1.54, 1.807) is 7.11 Å². The molecule has 0 radical (unpaired) electrons. The highest BCUT2D eigenvalue weighted by Gasteiger charge is 2.11. The molecule has 0 saturated heterocycles. The van der Waals surface area contributed by atoms with Crippen molar-refractivity contribution < 1.29 is 4.74 Å². The van der Waals surface area contributed by atoms with Crippen molar-refractivity contribution in [1.82, 2.24) is 5.43 Å². The Kier molecular flexibility index (Phi) is 9.48. The molecule has 1 atom stereocenters. The molecule has 0 bridgehead atoms. The number of halogens is 1. The fourth-order valence-corrected chi connectivity index (χ4v) is 2.74. The largest absolute Gasteiger partial charge is 0.495 e. The van der Waals surface area contributed by atoms with Gasteiger partial charge in [0.1, 0.15) is 5.75 Å². The van der Waals surface area contributed by atoms with Crippen LogP contribution in [0.2, 0.25) is 5.02 Å². The van der Waals surface area contributed by atoms with Crippen molar-refractivity contribution in [3.8, 4) is 5.75 Å². The molecule has 0 fully saturated rings. The predicted molar refractivity (Wildman–Crippen MR) is 90.7 cm³/mol. The molecule has 3 nitrogen and oxygen atoms in total. The maximum absolute atomic E-state index is 6.05. The third-order valence-electron chi connectivity index (χ3n) is 3.88. The van der Waals surface area contributed by atoms with Crippen LogP contribution in [-0.2, 0) is 0 Å². The van der Waals surface area contributed by atoms with Crippen molar-refractivity contribution in [3.63, 3.8) is 0 Å². The molecule has 0 spiro atoms. The molecule has 21 heavy (non-hydrogen) atoms. The minimum absolute atomic E-state index is 0.159. The Morgan fingerprint density at radius 1 is 1.14 bits per heavy atom. The van der Waals surface area contributed by atoms with Crippen molar-refractivity contribution in [2.24, 2.45) is 5.84 Å². The van der Waals surface area contributed by atoms with Gasteiger partial charge in [0.2, 0.25) is 0 Å². The number of unbranched alkanes of at least 4 members (excludes halogenated alkanes) is 6. The highest BCUT2D eigenvalue weighted by molar-refractivity contribution is 6.32. The molecule has 1 unspecified atom stereocenters. The second-order valence-corrected chi connectivity index (χ2v) is 5.93. The van der Waals surface area contributed by atoms with Gasteiger partial charge in [-0.1, -0.05) is 69.5 Å². The van der Waals surface area contributed by atoms with E-state index in [2.05, 4.69) is 12.3 Å². The summed E-state index contributed by atoms with van der Waals surface area (Å²) < 4.78 is 5.26. The van der Waals surface area contributed by atoms with E-state index in [0.29, 0.717) is 10.8 Å². The van der Waals surface area contributed by atoms with Crippen LogP contribution < -0.4 is 16.0 Å². The van der Waals surface area contributed by atoms with Gasteiger partial charge < -0.3 is 4.74 Å². The molecule has 0 aliphatic carbocycles. The molecule has 4 heteroatoms. The number of rotatable bonds is 11. The lowest BCUT2D eigenvalue weighted by molar-refractivity contribution is 0.412. The summed E-state index contributed by atoms with van der Waals surface area (Å²) in [5, 5.41) is 0.632. The van der Waals surface area contributed by atoms with Gasteiger partial charge in [0.05, 0.1) is 12.1 Å². The first-order valence-electron chi connectivity index (χ1n) is 8.02. The third-order valence-corrected chi connectivity index (χ3v) is 4.19. The number of benzene rings is 1. The standard InChI is InChI=1S/C17H29ClN2O/c1-3-4-5-6-7-8-9-10-16(20-19)14-11-12-15(18)17(13-14)21-2/h11-13,16,20H,3-10,19H2,1-2H3. The summed E-state index contributed by atoms with van der Waals surface area (Å²) in [6.07, 6.45) is 10.2. The fraction of sp³-hybridized carbons (Fsp3) is 0.647. The van der Waals surface area contributed by atoms with Crippen LogP contribution in [0.1, 0.15) is 69.9 Å². The number of hydrazine groups is 1. The molecule has 3 N–H and O–H groups in total. The zero-order chi connectivity index (χ0) is 15.5. The van der Waals surface area contributed by atoms with Gasteiger partial charge in [-0.15, -0.1) is 0 Å². The Labute approximate surface area is 134 Å². The minimum Gasteiger partial charge on any atom is -0.495 e. The summed E-state index contributed by atoms with van der Waals surface area (Å²) >= 11 is 6.05. The summed E-state index contributed by atoms with van der Waals surface area (Å²) in [5.74, 6) is 6.39. The Morgan fingerprint density at radius 3 is 2.43 bits per heavy atom. The first-order chi connectivity index (χ1) is 10.2. The Bertz CT molecular complexity index is 398. The van der Waals surface area contributed by atoms with E-state index < -0.39 is 0 Å². The predicted octanol–water partition coefficient (Wildman–Crippen LogP) is 4.99. The second-order valence-electron chi connectivity index (χ2n) is 5.52. The highest BCUT2D eigenvalue weighted by Crippen LogP contribution is 2.29. The van der Waals surface area contributed by atoms with Gasteiger partial charge in [0.25, 0.3) is 0 Å². The lowest BCUT2D eigenvalue weighted by atomic mass is 10.00. The molecule has 0 aliphatic heterocycles. The van der Waals surface area contributed by atoms with Crippen LogP contribution in [-0.4, -0.2) is 7.11 Å². The normalized spacial score (nSPS) is 12.4. The maximum Gasteiger partial charge on any atom is 0.137 e. The number of ether oxygens (including phenoxy) is 1. The maximum atomic E-state index is 6.05. The summed E-state index contributed by atoms with van der Waals surface area (Å²) in [6, 6.07) is 6.00. The van der Waals surface area contributed by atoms with Gasteiger partial charge in [-0.3, -0.25) is 11.3 Å². The summed E-state index contributed by atoms with van der Waals surface area (Å²) in [5.41, 5.74) is 4.03. The Morgan fingerprint density at radius 2 is 1.81 bits per heavy atom. The first-order valence-corrected chi connectivity index (χ1v) is 8.40. The SMILES string of the molecule is CCCCCCCCCC(NN)c1ccc(Cl)c(OC)c1. The summed E-state index contributed by atoms with van der Waals surface area (Å²) in [7, 11) is 1.63. The molecule has 1 aromatic rings. The number of methoxy groups -OCH3 is 1. The lowest BCUT2D eigenvalue weighted by Gasteiger charge is -2.17. The van der Waals surface area contributed by atoms with E-state index in [1.165, 1.54) is 44.9 Å². The Hall–Kier alpha value is -0.770. The fourth-order valence-electron chi connectivity index (χ4n) is 2.54. The van der Waals surface area contributed by atoms with Crippen LogP contribution in [0.25, 0.3) is 0 Å². The van der Waals surface area contributed by atoms with E-state index in [0.717, 1.165) is 12.0 Å². The third kappa shape index (κ3) is 6.68. The summed E-state index contributed by atoms with van der Waals surface area (Å²) in [4.78, 5) is 0. The van der Waals surface area contributed by atoms with Crippen molar-refractivity contribution in [2.45, 2.75) is 64.3 Å². The molecule has 0 saturated carbocycles. The van der Waals surface area contributed by atoms with Gasteiger partial charge in [-0.2, -0.15) is 0 Å². The van der Waals surface area contributed by atoms with Crippen molar-refractivity contribution in [1.29, 1.82) is 0 Å². The zero-order valence-corrected chi connectivity index (χ0v) is 14.1. The number of hydrogen-bond donors (Lipinski definition) is 2. The smallest absolute Gasteiger partial charge is 0.137 e. The molecule has 0 amide bonds. The van der Waals surface area contributed by atoms with Gasteiger partial charge in [0.15, 0.2) is 0 Å². The van der Waals surface area contributed by atoms with Gasteiger partial charge in [0, 0.05) is 6.04 Å². The minimum atomic E-state index is 0.159. The Balaban J connectivity index is 2.37. The number of nitrogens with two attached hydrogens (primary N) is 1. The molecule has 1 rings (SSSR count). The van der Waals surface area contributed by atoms with Crippen molar-refractivity contribution in [3.05, 3.63) is 28.8 Å². The molecule has 0 heterocycles. The second kappa shape index (κ2) is 10.9. The van der Waals surface area contributed by atoms with Gasteiger partial charge >= 0.3 is 0 Å². The van der Waals surface area contributed by atoms with Crippen molar-refractivity contribution in [2.75, 3.05) is 7.11 Å². The van der Waals surface area contributed by atoms with E-state index >= 15 is 0 Å². The van der Waals surface area contributed by atoms with Crippen LogP contribution >= 0.6 is 11.6 Å². The topological polar surface area (TPSA) is 47.3 Å². The lowest BCUT2D eigenvalue weighted by Crippen LogP contribution is -2.28. The summed E-state index contributed by atoms with van der Waals surface area (Å²) in [6.45, 7) is 2.25. The van der Waals surface area contributed by atoms with E-state index in [4.69, 9.17) is 22.2 Å². The average Bonchev–Trinajstić information content (AvgIpc) is 2.51. The molecular weight excluding hydrogens is 284 g/mol. The first kappa shape index (κ1) is 18.3. The highest BCUT2D eigenvalue weighted by atomic mass is 35.5. The molecule has 120 valence electrons. The van der Waals surface area contributed by atoms with Crippen LogP contribution in [0.15, 0.2) is 18.2 Å². The van der Waals surface area contributed by atoms with Gasteiger partial charge in [-0.05, 0) is 24.1 Å². The van der Waals surface area contributed by atoms with E-state index in [1.807, 2.05) is 18.2 Å². The molecule has 0 aromatic heterocycles. The van der Waals surface area contributed by atoms with E-state index in [9.17, 15) is 0 Å². The van der Waals surface area contributed by atoms with Gasteiger partial charge in [-0.25, -0.2) is 0 Å². The molecule has 0 aliphatic rings. The number of nitrogens with one attached hydrogen (secondary N) is 1. The molecule has 1 aromatic carbocycles. The quantitative estimate of drug-likeness (QED) is 0.343. The van der Waals surface area contributed by atoms with E-state index in [-0.39, 0.29) is 6.04 Å². The van der Waals surface area contributed by atoms with Crippen LogP contribution in [0.4, 0.5) is 0 Å². The monoisotopic (exact) mass is 312 g/mol. The average molecular weight is 313 g/mol.